The van der Waals surface area contributed by atoms with Crippen LogP contribution < -0.4 is 25.8 Å². The summed E-state index contributed by atoms with van der Waals surface area (Å²) in [5.74, 6) is 1.17. The number of benzene rings is 4. The number of hydrogen-bond donors (Lipinski definition) is 3. The first-order valence-corrected chi connectivity index (χ1v) is 14.2. The Balaban J connectivity index is 0.000000164. The Bertz CT molecular complexity index is 1690. The van der Waals surface area contributed by atoms with E-state index in [4.69, 9.17) is 14.3 Å². The standard InChI is InChI=1S/C18H16N2O3.C16H14O2.CH3NO/c1-11-7-8-14-13(9-11)18(16(21)19-17(22)20-18)10-15(23-14)12-5-3-2-4-6-12;1-11-7-8-15-13(9-11)14(17)10-16(18-15)12-5-3-2-4-6-12;2-1-3/h2-9,15H,10H2,1H3,(H2,19,20,21,22);2-9,16H,10H2,1H3;1H,(H2,2,3). The molecule has 4 aromatic carbocycles. The third-order valence-electron chi connectivity index (χ3n) is 7.72. The normalized spacial score (nSPS) is 21.0. The van der Waals surface area contributed by atoms with Gasteiger partial charge in [0.2, 0.25) is 6.41 Å². The molecule has 0 radical (unpaired) electrons. The summed E-state index contributed by atoms with van der Waals surface area (Å²) in [4.78, 5) is 45.1. The van der Waals surface area contributed by atoms with E-state index in [-0.39, 0.29) is 30.3 Å². The molecular weight excluding hydrogens is 558 g/mol. The second-order valence-electron chi connectivity index (χ2n) is 10.8. The summed E-state index contributed by atoms with van der Waals surface area (Å²) < 4.78 is 12.0. The van der Waals surface area contributed by atoms with Crippen LogP contribution in [0.5, 0.6) is 11.5 Å². The van der Waals surface area contributed by atoms with Crippen LogP contribution in [0, 0.1) is 13.8 Å². The number of nitrogens with two attached hydrogens (primary N) is 1. The number of primary amides is 1. The van der Waals surface area contributed by atoms with Crippen molar-refractivity contribution < 1.29 is 28.7 Å². The number of imide groups is 1. The van der Waals surface area contributed by atoms with Gasteiger partial charge in [-0.1, -0.05) is 83.9 Å². The van der Waals surface area contributed by atoms with Gasteiger partial charge < -0.3 is 20.5 Å². The summed E-state index contributed by atoms with van der Waals surface area (Å²) in [5.41, 5.74) is 8.65. The van der Waals surface area contributed by atoms with Gasteiger partial charge in [0.1, 0.15) is 23.7 Å². The summed E-state index contributed by atoms with van der Waals surface area (Å²) in [6, 6.07) is 30.6. The van der Waals surface area contributed by atoms with Gasteiger partial charge >= 0.3 is 6.03 Å². The number of amides is 4. The van der Waals surface area contributed by atoms with E-state index in [0.717, 1.165) is 22.3 Å². The number of rotatable bonds is 2. The lowest BCUT2D eigenvalue weighted by molar-refractivity contribution is -0.126. The van der Waals surface area contributed by atoms with E-state index in [1.54, 1.807) is 0 Å². The van der Waals surface area contributed by atoms with Gasteiger partial charge in [0.25, 0.3) is 5.91 Å². The lowest BCUT2D eigenvalue weighted by Crippen LogP contribution is -2.48. The highest BCUT2D eigenvalue weighted by atomic mass is 16.5. The van der Waals surface area contributed by atoms with Crippen LogP contribution in [0.25, 0.3) is 0 Å². The fourth-order valence-corrected chi connectivity index (χ4v) is 5.63. The highest BCUT2D eigenvalue weighted by Crippen LogP contribution is 2.46. The number of carbonyl (C=O) groups is 4. The molecular formula is C35H33N3O6. The summed E-state index contributed by atoms with van der Waals surface area (Å²) >= 11 is 0. The Morgan fingerprint density at radius 1 is 0.773 bits per heavy atom. The van der Waals surface area contributed by atoms with Crippen molar-refractivity contribution in [3.05, 3.63) is 130 Å². The van der Waals surface area contributed by atoms with Gasteiger partial charge in [0.15, 0.2) is 11.3 Å². The zero-order valence-corrected chi connectivity index (χ0v) is 24.4. The van der Waals surface area contributed by atoms with Crippen molar-refractivity contribution >= 4 is 24.1 Å². The van der Waals surface area contributed by atoms with E-state index in [0.29, 0.717) is 35.5 Å². The Morgan fingerprint density at radius 3 is 1.91 bits per heavy atom. The van der Waals surface area contributed by atoms with Crippen molar-refractivity contribution in [2.24, 2.45) is 5.73 Å². The summed E-state index contributed by atoms with van der Waals surface area (Å²) in [6.07, 6.45) is 0.579. The number of urea groups is 1. The molecule has 9 heteroatoms. The van der Waals surface area contributed by atoms with Gasteiger partial charge in [0.05, 0.1) is 12.0 Å². The average molecular weight is 592 g/mol. The average Bonchev–Trinajstić information content (AvgIpc) is 3.31. The number of ether oxygens (including phenoxy) is 2. The molecule has 3 aliphatic heterocycles. The molecule has 0 saturated carbocycles. The van der Waals surface area contributed by atoms with Crippen molar-refractivity contribution in [1.82, 2.24) is 10.6 Å². The maximum atomic E-state index is 12.6. The predicted octanol–water partition coefficient (Wildman–Crippen LogP) is 5.36. The first-order valence-electron chi connectivity index (χ1n) is 14.2. The molecule has 3 atom stereocenters. The zero-order chi connectivity index (χ0) is 31.3. The van der Waals surface area contributed by atoms with Crippen molar-refractivity contribution in [3.8, 4) is 11.5 Å². The number of hydrogen-bond acceptors (Lipinski definition) is 6. The molecule has 1 saturated heterocycles. The lowest BCUT2D eigenvalue weighted by atomic mass is 9.80. The second-order valence-corrected chi connectivity index (χ2v) is 10.8. The number of carbonyl (C=O) groups excluding carboxylic acids is 4. The molecule has 0 aromatic heterocycles. The number of ketones is 1. The molecule has 4 N–H and O–H groups in total. The van der Waals surface area contributed by atoms with Crippen molar-refractivity contribution in [3.63, 3.8) is 0 Å². The molecule has 4 aromatic rings. The summed E-state index contributed by atoms with van der Waals surface area (Å²) in [7, 11) is 0. The molecule has 44 heavy (non-hydrogen) atoms. The molecule has 1 spiro atoms. The van der Waals surface area contributed by atoms with E-state index < -0.39 is 11.6 Å². The maximum absolute atomic E-state index is 12.6. The van der Waals surface area contributed by atoms with Crippen LogP contribution in [-0.4, -0.2) is 24.1 Å². The SMILES string of the molecule is Cc1ccc2c(c1)C(=O)CC(c1ccccc1)O2.Cc1ccc2c(c1)C1(CC(c3ccccc3)O2)NC(=O)NC1=O.NC=O. The maximum Gasteiger partial charge on any atom is 0.322 e. The van der Waals surface area contributed by atoms with Gasteiger partial charge in [-0.05, 0) is 49.2 Å². The van der Waals surface area contributed by atoms with Crippen molar-refractivity contribution in [2.75, 3.05) is 0 Å². The predicted molar refractivity (Wildman–Crippen MR) is 164 cm³/mol. The Labute approximate surface area is 255 Å². The van der Waals surface area contributed by atoms with Crippen LogP contribution in [0.15, 0.2) is 97.1 Å². The minimum atomic E-state index is -1.07. The van der Waals surface area contributed by atoms with Crippen LogP contribution in [0.1, 0.15) is 63.2 Å². The van der Waals surface area contributed by atoms with Gasteiger partial charge in [-0.25, -0.2) is 4.79 Å². The van der Waals surface area contributed by atoms with Crippen LogP contribution in [0.4, 0.5) is 4.79 Å². The van der Waals surface area contributed by atoms with Crippen molar-refractivity contribution in [2.45, 2.75) is 44.4 Å². The molecule has 3 heterocycles. The lowest BCUT2D eigenvalue weighted by Gasteiger charge is -2.38. The highest BCUT2D eigenvalue weighted by Gasteiger charge is 2.53. The van der Waals surface area contributed by atoms with E-state index in [2.05, 4.69) is 16.4 Å². The zero-order valence-electron chi connectivity index (χ0n) is 24.4. The molecule has 9 nitrogen and oxygen atoms in total. The van der Waals surface area contributed by atoms with Gasteiger partial charge in [-0.3, -0.25) is 19.7 Å². The molecule has 4 amide bonds. The van der Waals surface area contributed by atoms with E-state index in [9.17, 15) is 14.4 Å². The van der Waals surface area contributed by atoms with Crippen LogP contribution in [0.2, 0.25) is 0 Å². The Kier molecular flexibility index (Phi) is 8.76. The first kappa shape index (κ1) is 30.0. The van der Waals surface area contributed by atoms with Crippen LogP contribution >= 0.6 is 0 Å². The number of nitrogens with one attached hydrogen (secondary N) is 2. The minimum Gasteiger partial charge on any atom is -0.485 e. The van der Waals surface area contributed by atoms with E-state index in [1.807, 2.05) is 111 Å². The van der Waals surface area contributed by atoms with E-state index in [1.165, 1.54) is 0 Å². The third-order valence-corrected chi connectivity index (χ3v) is 7.72. The molecule has 3 unspecified atom stereocenters. The van der Waals surface area contributed by atoms with Gasteiger partial charge in [-0.2, -0.15) is 0 Å². The number of fused-ring (bicyclic) bond motifs is 3. The number of Topliss-reactive ketones (excluding diaryl/α,β-unsaturated/α-hetero) is 1. The molecule has 1 fully saturated rings. The van der Waals surface area contributed by atoms with Gasteiger partial charge in [0, 0.05) is 12.0 Å². The molecule has 224 valence electrons. The third kappa shape index (κ3) is 6.17. The summed E-state index contributed by atoms with van der Waals surface area (Å²) in [5, 5.41) is 5.19. The molecule has 0 bridgehead atoms. The molecule has 3 aliphatic rings. The smallest absolute Gasteiger partial charge is 0.322 e. The largest absolute Gasteiger partial charge is 0.485 e. The van der Waals surface area contributed by atoms with Crippen LogP contribution in [0.3, 0.4) is 0 Å². The highest BCUT2D eigenvalue weighted by molar-refractivity contribution is 6.08. The fourth-order valence-electron chi connectivity index (χ4n) is 5.63. The molecule has 0 aliphatic carbocycles. The van der Waals surface area contributed by atoms with Crippen molar-refractivity contribution in [1.29, 1.82) is 0 Å². The first-order chi connectivity index (χ1) is 21.2. The monoisotopic (exact) mass is 591 g/mol. The van der Waals surface area contributed by atoms with E-state index >= 15 is 0 Å². The van der Waals surface area contributed by atoms with Gasteiger partial charge in [-0.15, -0.1) is 0 Å². The second kappa shape index (κ2) is 12.8. The minimum absolute atomic E-state index is 0.158. The quantitative estimate of drug-likeness (QED) is 0.212. The Hall–Kier alpha value is -5.44. The van der Waals surface area contributed by atoms with Crippen LogP contribution in [-0.2, 0) is 15.1 Å². The Morgan fingerprint density at radius 2 is 1.32 bits per heavy atom. The topological polar surface area (TPSA) is 137 Å². The molecule has 7 rings (SSSR count). The number of aryl methyl sites for hydroxylation is 2. The fraction of sp³-hybridized carbons (Fsp3) is 0.200. The summed E-state index contributed by atoms with van der Waals surface area (Å²) in [6.45, 7) is 3.93.